The van der Waals surface area contributed by atoms with Crippen LogP contribution in [0, 0.1) is 0 Å². The minimum Gasteiger partial charge on any atom is -0.496 e. The molecule has 0 saturated carbocycles. The number of likely N-dealkylation sites (N-methyl/N-ethyl adjacent to an activating group) is 1. The van der Waals surface area contributed by atoms with E-state index in [1.165, 1.54) is 10.9 Å². The highest BCUT2D eigenvalue weighted by Crippen LogP contribution is 2.28. The molecule has 0 aliphatic rings. The molecule has 3 heteroatoms. The Labute approximate surface area is 115 Å². The molecule has 0 saturated heterocycles. The van der Waals surface area contributed by atoms with Gasteiger partial charge in [-0.05, 0) is 44.5 Å². The van der Waals surface area contributed by atoms with Crippen molar-refractivity contribution < 1.29 is 4.74 Å². The van der Waals surface area contributed by atoms with Crippen molar-refractivity contribution >= 4 is 10.9 Å². The van der Waals surface area contributed by atoms with Crippen LogP contribution < -0.4 is 4.74 Å². The Hall–Kier alpha value is -1.48. The van der Waals surface area contributed by atoms with Gasteiger partial charge in [-0.25, -0.2) is 0 Å². The second-order valence-electron chi connectivity index (χ2n) is 5.17. The van der Waals surface area contributed by atoms with Gasteiger partial charge in [0.1, 0.15) is 5.75 Å². The van der Waals surface area contributed by atoms with Crippen molar-refractivity contribution in [1.82, 2.24) is 9.88 Å². The van der Waals surface area contributed by atoms with Gasteiger partial charge in [-0.2, -0.15) is 0 Å². The van der Waals surface area contributed by atoms with E-state index < -0.39 is 0 Å². The number of aromatic amines is 1. The number of nitrogens with zero attached hydrogens (tertiary/aromatic N) is 1. The number of aromatic nitrogens is 1. The minimum atomic E-state index is 0.595. The smallest absolute Gasteiger partial charge is 0.128 e. The number of hydrogen-bond donors (Lipinski definition) is 1. The molecule has 0 spiro atoms. The molecular formula is C16H24N2O. The maximum Gasteiger partial charge on any atom is 0.128 e. The third-order valence-corrected chi connectivity index (χ3v) is 3.77. The zero-order valence-electron chi connectivity index (χ0n) is 12.4. The molecule has 2 rings (SSSR count). The second kappa shape index (κ2) is 6.11. The molecule has 0 atom stereocenters. The lowest BCUT2D eigenvalue weighted by Gasteiger charge is -2.24. The lowest BCUT2D eigenvalue weighted by Crippen LogP contribution is -2.32. The molecule has 1 N–H and O–H groups in total. The van der Waals surface area contributed by atoms with E-state index in [4.69, 9.17) is 4.74 Å². The molecule has 0 amide bonds. The molecule has 0 bridgehead atoms. The standard InChI is InChI=1S/C16H24N2O/c1-5-18(12(2)3)10-9-13-11-17-14-7-6-8-15(19-4)16(13)14/h6-8,11-12,17H,5,9-10H2,1-4H3. The van der Waals surface area contributed by atoms with Gasteiger partial charge >= 0.3 is 0 Å². The van der Waals surface area contributed by atoms with Crippen molar-refractivity contribution in [3.8, 4) is 5.75 Å². The van der Waals surface area contributed by atoms with Crippen LogP contribution in [0.15, 0.2) is 24.4 Å². The summed E-state index contributed by atoms with van der Waals surface area (Å²) in [5.74, 6) is 0.960. The lowest BCUT2D eigenvalue weighted by molar-refractivity contribution is 0.237. The van der Waals surface area contributed by atoms with E-state index in [1.807, 2.05) is 12.1 Å². The minimum absolute atomic E-state index is 0.595. The van der Waals surface area contributed by atoms with Gasteiger partial charge in [0.2, 0.25) is 0 Å². The first-order chi connectivity index (χ1) is 9.17. The maximum absolute atomic E-state index is 5.47. The van der Waals surface area contributed by atoms with Crippen LogP contribution in [0.5, 0.6) is 5.75 Å². The van der Waals surface area contributed by atoms with Crippen molar-refractivity contribution in [2.45, 2.75) is 33.2 Å². The Kier molecular flexibility index (Phi) is 4.48. The van der Waals surface area contributed by atoms with Gasteiger partial charge in [-0.1, -0.05) is 13.0 Å². The fourth-order valence-electron chi connectivity index (χ4n) is 2.63. The van der Waals surface area contributed by atoms with Gasteiger partial charge in [-0.3, -0.25) is 0 Å². The number of benzene rings is 1. The Balaban J connectivity index is 2.21. The predicted octanol–water partition coefficient (Wildman–Crippen LogP) is 3.45. The Morgan fingerprint density at radius 3 is 2.74 bits per heavy atom. The average Bonchev–Trinajstić information content (AvgIpc) is 2.82. The van der Waals surface area contributed by atoms with Crippen LogP contribution in [0.2, 0.25) is 0 Å². The number of methoxy groups -OCH3 is 1. The van der Waals surface area contributed by atoms with Crippen molar-refractivity contribution in [1.29, 1.82) is 0 Å². The molecule has 0 aliphatic heterocycles. The number of rotatable bonds is 6. The number of H-pyrrole nitrogens is 1. The molecular weight excluding hydrogens is 236 g/mol. The van der Waals surface area contributed by atoms with Crippen molar-refractivity contribution in [3.63, 3.8) is 0 Å². The largest absolute Gasteiger partial charge is 0.496 e. The summed E-state index contributed by atoms with van der Waals surface area (Å²) in [5, 5.41) is 1.23. The summed E-state index contributed by atoms with van der Waals surface area (Å²) < 4.78 is 5.47. The molecule has 1 aromatic carbocycles. The van der Waals surface area contributed by atoms with Gasteiger partial charge in [0.15, 0.2) is 0 Å². The summed E-state index contributed by atoms with van der Waals surface area (Å²) in [7, 11) is 1.73. The first kappa shape index (κ1) is 13.9. The third kappa shape index (κ3) is 2.92. The molecule has 19 heavy (non-hydrogen) atoms. The van der Waals surface area contributed by atoms with Crippen molar-refractivity contribution in [2.24, 2.45) is 0 Å². The number of nitrogens with one attached hydrogen (secondary N) is 1. The Morgan fingerprint density at radius 2 is 2.11 bits per heavy atom. The normalized spacial score (nSPS) is 11.7. The maximum atomic E-state index is 5.47. The highest BCUT2D eigenvalue weighted by atomic mass is 16.5. The molecule has 1 heterocycles. The molecule has 0 radical (unpaired) electrons. The van der Waals surface area contributed by atoms with Crippen LogP contribution in [0.1, 0.15) is 26.3 Å². The zero-order chi connectivity index (χ0) is 13.8. The Morgan fingerprint density at radius 1 is 1.32 bits per heavy atom. The molecule has 3 nitrogen and oxygen atoms in total. The van der Waals surface area contributed by atoms with Crippen LogP contribution >= 0.6 is 0 Å². The average molecular weight is 260 g/mol. The Bertz CT molecular complexity index is 531. The van der Waals surface area contributed by atoms with E-state index in [-0.39, 0.29) is 0 Å². The summed E-state index contributed by atoms with van der Waals surface area (Å²) in [4.78, 5) is 5.82. The summed E-state index contributed by atoms with van der Waals surface area (Å²) in [6.45, 7) is 8.89. The summed E-state index contributed by atoms with van der Waals surface area (Å²) in [5.41, 5.74) is 2.49. The highest BCUT2D eigenvalue weighted by Gasteiger charge is 2.11. The first-order valence-corrected chi connectivity index (χ1v) is 7.04. The number of fused-ring (bicyclic) bond motifs is 1. The van der Waals surface area contributed by atoms with E-state index >= 15 is 0 Å². The molecule has 104 valence electrons. The van der Waals surface area contributed by atoms with Crippen LogP contribution in [0.3, 0.4) is 0 Å². The van der Waals surface area contributed by atoms with Gasteiger partial charge in [0.25, 0.3) is 0 Å². The van der Waals surface area contributed by atoms with Crippen molar-refractivity contribution in [3.05, 3.63) is 30.0 Å². The highest BCUT2D eigenvalue weighted by molar-refractivity contribution is 5.89. The fraction of sp³-hybridized carbons (Fsp3) is 0.500. The molecule has 0 aliphatic carbocycles. The van der Waals surface area contributed by atoms with Crippen molar-refractivity contribution in [2.75, 3.05) is 20.2 Å². The second-order valence-corrected chi connectivity index (χ2v) is 5.17. The van der Waals surface area contributed by atoms with Gasteiger partial charge < -0.3 is 14.6 Å². The van der Waals surface area contributed by atoms with E-state index in [2.05, 4.69) is 42.9 Å². The number of hydrogen-bond acceptors (Lipinski definition) is 2. The van der Waals surface area contributed by atoms with Crippen LogP contribution in [0.4, 0.5) is 0 Å². The molecule has 0 fully saturated rings. The first-order valence-electron chi connectivity index (χ1n) is 7.04. The lowest BCUT2D eigenvalue weighted by atomic mass is 10.1. The van der Waals surface area contributed by atoms with Crippen LogP contribution in [-0.4, -0.2) is 36.1 Å². The van der Waals surface area contributed by atoms with Gasteiger partial charge in [0.05, 0.1) is 7.11 Å². The summed E-state index contributed by atoms with van der Waals surface area (Å²) in [6, 6.07) is 6.74. The molecule has 2 aromatic rings. The monoisotopic (exact) mass is 260 g/mol. The zero-order valence-corrected chi connectivity index (χ0v) is 12.4. The molecule has 1 aromatic heterocycles. The van der Waals surface area contributed by atoms with Gasteiger partial charge in [0, 0.05) is 29.7 Å². The van der Waals surface area contributed by atoms with Gasteiger partial charge in [-0.15, -0.1) is 0 Å². The predicted molar refractivity (Wildman–Crippen MR) is 80.9 cm³/mol. The van der Waals surface area contributed by atoms with E-state index in [0.29, 0.717) is 6.04 Å². The SMILES string of the molecule is CCN(CCc1c[nH]c2cccc(OC)c12)C(C)C. The van der Waals surface area contributed by atoms with E-state index in [9.17, 15) is 0 Å². The topological polar surface area (TPSA) is 28.3 Å². The van der Waals surface area contributed by atoms with E-state index in [1.54, 1.807) is 7.11 Å². The van der Waals surface area contributed by atoms with Crippen LogP contribution in [-0.2, 0) is 6.42 Å². The quantitative estimate of drug-likeness (QED) is 0.861. The van der Waals surface area contributed by atoms with E-state index in [0.717, 1.165) is 30.8 Å². The third-order valence-electron chi connectivity index (χ3n) is 3.77. The van der Waals surface area contributed by atoms with Crippen LogP contribution in [0.25, 0.3) is 10.9 Å². The summed E-state index contributed by atoms with van der Waals surface area (Å²) >= 11 is 0. The fourth-order valence-corrected chi connectivity index (χ4v) is 2.63. The molecule has 0 unspecified atom stereocenters. The number of ether oxygens (including phenoxy) is 1. The summed E-state index contributed by atoms with van der Waals surface area (Å²) in [6.07, 6.45) is 3.16.